The average molecular weight is 664 g/mol. The van der Waals surface area contributed by atoms with Gasteiger partial charge in [-0.25, -0.2) is 0 Å². The Morgan fingerprint density at radius 2 is 1.07 bits per heavy atom. The van der Waals surface area contributed by atoms with Crippen LogP contribution in [0.25, 0.3) is 6.08 Å². The molecule has 1 heterocycles. The van der Waals surface area contributed by atoms with Gasteiger partial charge in [-0.15, -0.1) is 0 Å². The van der Waals surface area contributed by atoms with Crippen molar-refractivity contribution in [2.75, 3.05) is 22.9 Å². The molecule has 6 rings (SSSR count). The minimum absolute atomic E-state index is 0.565. The number of nitrogens with zero attached hydrogens (tertiary/aromatic N) is 2. The smallest absolute Gasteiger partial charge is 0.120 e. The largest absolute Gasteiger partial charge is 0.325 e. The summed E-state index contributed by atoms with van der Waals surface area (Å²) >= 11 is 14.3. The van der Waals surface area contributed by atoms with Crippen LogP contribution in [0.15, 0.2) is 109 Å². The summed E-state index contributed by atoms with van der Waals surface area (Å²) in [6, 6.07) is 36.8. The van der Waals surface area contributed by atoms with Gasteiger partial charge in [-0.2, -0.15) is 0 Å². The molecule has 1 fully saturated rings. The number of aryl methyl sites for hydroxylation is 6. The minimum Gasteiger partial charge on any atom is -0.325 e. The molecule has 1 atom stereocenters. The maximum absolute atomic E-state index is 7.35. The molecular formula is C41H41Cl2N2P. The van der Waals surface area contributed by atoms with E-state index >= 15 is 0 Å². The van der Waals surface area contributed by atoms with Crippen LogP contribution in [0.3, 0.4) is 0 Å². The third-order valence-corrected chi connectivity index (χ3v) is 13.8. The van der Waals surface area contributed by atoms with Crippen molar-refractivity contribution in [2.45, 2.75) is 41.5 Å². The average Bonchev–Trinajstić information content (AvgIpc) is 3.43. The fourth-order valence-corrected chi connectivity index (χ4v) is 12.2. The van der Waals surface area contributed by atoms with Crippen LogP contribution in [0.5, 0.6) is 0 Å². The number of anilines is 2. The van der Waals surface area contributed by atoms with Gasteiger partial charge < -0.3 is 9.80 Å². The summed E-state index contributed by atoms with van der Waals surface area (Å²) in [5.74, 6) is 2.45. The van der Waals surface area contributed by atoms with Gasteiger partial charge >= 0.3 is 0 Å². The number of hydrogen-bond acceptors (Lipinski definition) is 0. The molecule has 0 radical (unpaired) electrons. The number of rotatable bonds is 6. The number of halogens is 2. The highest BCUT2D eigenvalue weighted by atomic mass is 35.5. The first-order valence-corrected chi connectivity index (χ1v) is 18.4. The molecule has 0 amide bonds. The van der Waals surface area contributed by atoms with Crippen molar-refractivity contribution >= 4 is 63.7 Å². The lowest BCUT2D eigenvalue weighted by atomic mass is 10.0. The molecule has 1 aliphatic rings. The topological polar surface area (TPSA) is 6.48 Å². The summed E-state index contributed by atoms with van der Waals surface area (Å²) < 4.78 is 0. The van der Waals surface area contributed by atoms with Crippen molar-refractivity contribution in [3.8, 4) is 0 Å². The van der Waals surface area contributed by atoms with Crippen LogP contribution >= 0.6 is 30.1 Å². The van der Waals surface area contributed by atoms with Crippen molar-refractivity contribution in [2.24, 2.45) is 0 Å². The molecule has 0 spiro atoms. The van der Waals surface area contributed by atoms with Gasteiger partial charge in [0.15, 0.2) is 0 Å². The molecule has 0 aromatic heterocycles. The van der Waals surface area contributed by atoms with Gasteiger partial charge in [0.25, 0.3) is 0 Å². The van der Waals surface area contributed by atoms with Crippen LogP contribution < -0.4 is 20.4 Å². The zero-order valence-electron chi connectivity index (χ0n) is 27.5. The van der Waals surface area contributed by atoms with E-state index in [-0.39, 0.29) is 0 Å². The molecule has 1 unspecified atom stereocenters. The lowest BCUT2D eigenvalue weighted by Gasteiger charge is -2.38. The van der Waals surface area contributed by atoms with Crippen LogP contribution in [0, 0.1) is 41.5 Å². The lowest BCUT2D eigenvalue weighted by Crippen LogP contribution is -2.40. The van der Waals surface area contributed by atoms with Gasteiger partial charge in [-0.3, -0.25) is 0 Å². The van der Waals surface area contributed by atoms with E-state index in [4.69, 9.17) is 23.2 Å². The van der Waals surface area contributed by atoms with Crippen LogP contribution in [0.1, 0.15) is 38.9 Å². The maximum atomic E-state index is 7.35. The summed E-state index contributed by atoms with van der Waals surface area (Å²) in [5, 5.41) is 3.45. The summed E-state index contributed by atoms with van der Waals surface area (Å²) in [6.07, 6.45) is 2.28. The molecule has 46 heavy (non-hydrogen) atoms. The number of hydrogen-bond donors (Lipinski definition) is 0. The first-order valence-electron chi connectivity index (χ1n) is 15.8. The van der Waals surface area contributed by atoms with Gasteiger partial charge in [0.2, 0.25) is 0 Å². The van der Waals surface area contributed by atoms with E-state index in [1.54, 1.807) is 0 Å². The van der Waals surface area contributed by atoms with Gasteiger partial charge in [0.1, 0.15) is 5.54 Å². The summed E-state index contributed by atoms with van der Waals surface area (Å²) in [4.78, 5) is 5.19. The molecule has 2 nitrogen and oxygen atoms in total. The highest BCUT2D eigenvalue weighted by Gasteiger charge is 2.40. The van der Waals surface area contributed by atoms with Crippen LogP contribution in [0.4, 0.5) is 11.4 Å². The molecule has 0 bridgehead atoms. The quantitative estimate of drug-likeness (QED) is 0.167. The standard InChI is InChI=1S/C41H41Cl2N2P/c1-28-24-30(3)39(31(4)25-28)44-21-22-45(40-32(5)26-29(2)27-33(40)6)41(44)46(35-16-11-8-12-17-35,23-20-34-14-9-7-10-15-34)37-19-13-18-36(42)38(37)43/h7-20,23-27H,21-22H2,1-6H3. The third-order valence-electron chi connectivity index (χ3n) is 8.92. The third kappa shape index (κ3) is 5.84. The molecule has 234 valence electrons. The van der Waals surface area contributed by atoms with E-state index < -0.39 is 6.89 Å². The molecule has 0 saturated carbocycles. The Kier molecular flexibility index (Phi) is 9.26. The summed E-state index contributed by atoms with van der Waals surface area (Å²) in [6.45, 7) is 12.4. The SMILES string of the molecule is Cc1cc(C)c(N2CCN(c3c(C)cc(C)cc3C)C2=P(C=Cc2ccccc2)(c2ccccc2)c2cccc(Cl)c2Cl)c(C)c1. The molecule has 5 heteroatoms. The van der Waals surface area contributed by atoms with Gasteiger partial charge in [0, 0.05) is 36.7 Å². The molecule has 0 aliphatic carbocycles. The Bertz CT molecular complexity index is 1880. The predicted octanol–water partition coefficient (Wildman–Crippen LogP) is 10.6. The van der Waals surface area contributed by atoms with Crippen molar-refractivity contribution < 1.29 is 0 Å². The molecule has 5 aromatic rings. The van der Waals surface area contributed by atoms with E-state index in [1.165, 1.54) is 55.6 Å². The second-order valence-corrected chi connectivity index (χ2v) is 16.4. The van der Waals surface area contributed by atoms with E-state index in [0.717, 1.165) is 24.0 Å². The molecule has 0 N–H and O–H groups in total. The van der Waals surface area contributed by atoms with Gasteiger partial charge in [-0.05, 0) is 86.5 Å². The van der Waals surface area contributed by atoms with Crippen molar-refractivity contribution in [1.29, 1.82) is 0 Å². The summed E-state index contributed by atoms with van der Waals surface area (Å²) in [5.41, 5.74) is 12.5. The normalized spacial score (nSPS) is 14.7. The molecule has 1 saturated heterocycles. The van der Waals surface area contributed by atoms with Crippen molar-refractivity contribution in [1.82, 2.24) is 0 Å². The van der Waals surface area contributed by atoms with E-state index in [1.807, 2.05) is 12.1 Å². The second-order valence-electron chi connectivity index (χ2n) is 12.5. The van der Waals surface area contributed by atoms with Crippen molar-refractivity contribution in [3.63, 3.8) is 0 Å². The zero-order valence-corrected chi connectivity index (χ0v) is 29.9. The Hall–Kier alpha value is -3.68. The highest BCUT2D eigenvalue weighted by molar-refractivity contribution is 7.92. The Morgan fingerprint density at radius 1 is 0.587 bits per heavy atom. The van der Waals surface area contributed by atoms with Gasteiger partial charge in [0.05, 0.1) is 10.0 Å². The number of benzene rings is 5. The Labute approximate surface area is 284 Å². The minimum atomic E-state index is -2.65. The lowest BCUT2D eigenvalue weighted by molar-refractivity contribution is 1.01. The fourth-order valence-electron chi connectivity index (χ4n) is 7.33. The first-order chi connectivity index (χ1) is 22.1. The van der Waals surface area contributed by atoms with Crippen molar-refractivity contribution in [3.05, 3.63) is 158 Å². The molecule has 1 aliphatic heterocycles. The Balaban J connectivity index is 1.86. The van der Waals surface area contributed by atoms with E-state index in [0.29, 0.717) is 10.0 Å². The van der Waals surface area contributed by atoms with E-state index in [9.17, 15) is 0 Å². The van der Waals surface area contributed by atoms with E-state index in [2.05, 4.69) is 154 Å². The first kappa shape index (κ1) is 32.3. The molecule has 5 aromatic carbocycles. The zero-order chi connectivity index (χ0) is 32.6. The Morgan fingerprint density at radius 3 is 1.57 bits per heavy atom. The second kappa shape index (κ2) is 13.2. The molecular weight excluding hydrogens is 622 g/mol. The highest BCUT2D eigenvalue weighted by Crippen LogP contribution is 2.55. The maximum Gasteiger partial charge on any atom is 0.120 e. The summed E-state index contributed by atoms with van der Waals surface area (Å²) in [7, 11) is 0. The van der Waals surface area contributed by atoms with Crippen LogP contribution in [-0.4, -0.2) is 18.6 Å². The van der Waals surface area contributed by atoms with Crippen LogP contribution in [0.2, 0.25) is 10.0 Å². The van der Waals surface area contributed by atoms with Crippen LogP contribution in [-0.2, 0) is 0 Å². The predicted molar refractivity (Wildman–Crippen MR) is 206 cm³/mol. The fraction of sp³-hybridized carbons (Fsp3) is 0.195. The van der Waals surface area contributed by atoms with Gasteiger partial charge in [-0.1, -0.05) is 137 Å². The monoisotopic (exact) mass is 662 g/mol.